The monoisotopic (exact) mass is 402 g/mol. The molecule has 29 heavy (non-hydrogen) atoms. The van der Waals surface area contributed by atoms with Gasteiger partial charge in [0.2, 0.25) is 5.91 Å². The molecule has 152 valence electrons. The molecule has 2 aromatic carbocycles. The minimum absolute atomic E-state index is 0.222. The Kier molecular flexibility index (Phi) is 6.09. The van der Waals surface area contributed by atoms with Gasteiger partial charge in [-0.1, -0.05) is 18.2 Å². The van der Waals surface area contributed by atoms with Crippen LogP contribution in [0, 0.1) is 11.3 Å². The molecule has 1 N–H and O–H groups in total. The molecule has 0 radical (unpaired) electrons. The van der Waals surface area contributed by atoms with E-state index in [9.17, 15) is 18.0 Å². The van der Waals surface area contributed by atoms with Gasteiger partial charge in [-0.2, -0.15) is 18.4 Å². The van der Waals surface area contributed by atoms with Crippen molar-refractivity contribution in [1.29, 1.82) is 5.26 Å². The molecule has 1 fully saturated rings. The Morgan fingerprint density at radius 1 is 1.10 bits per heavy atom. The molecule has 0 spiro atoms. The zero-order valence-corrected chi connectivity index (χ0v) is 15.9. The molecule has 0 bridgehead atoms. The van der Waals surface area contributed by atoms with E-state index in [-0.39, 0.29) is 5.91 Å². The molecule has 1 amide bonds. The molecular weight excluding hydrogens is 381 g/mol. The minimum atomic E-state index is -4.37. The van der Waals surface area contributed by atoms with Gasteiger partial charge < -0.3 is 10.2 Å². The van der Waals surface area contributed by atoms with Gasteiger partial charge in [-0.3, -0.25) is 9.69 Å². The number of nitrogens with one attached hydrogen (secondary N) is 1. The third-order valence-electron chi connectivity index (χ3n) is 5.09. The Bertz CT molecular complexity index is 915. The number of alkyl halides is 3. The largest absolute Gasteiger partial charge is 0.416 e. The molecule has 5 nitrogen and oxygen atoms in total. The van der Waals surface area contributed by atoms with Gasteiger partial charge in [-0.25, -0.2) is 0 Å². The molecule has 1 atom stereocenters. The summed E-state index contributed by atoms with van der Waals surface area (Å²) in [5.41, 5.74) is 0.720. The van der Waals surface area contributed by atoms with Crippen molar-refractivity contribution >= 4 is 17.3 Å². The van der Waals surface area contributed by atoms with Crippen LogP contribution in [-0.2, 0) is 11.0 Å². The molecule has 0 aliphatic carbocycles. The number of carbonyl (C=O) groups is 1. The topological polar surface area (TPSA) is 59.4 Å². The third kappa shape index (κ3) is 4.87. The molecule has 8 heteroatoms. The minimum Gasteiger partial charge on any atom is -0.369 e. The van der Waals surface area contributed by atoms with Gasteiger partial charge in [0.1, 0.15) is 6.07 Å². The fourth-order valence-electron chi connectivity index (χ4n) is 3.34. The van der Waals surface area contributed by atoms with E-state index in [1.807, 2.05) is 15.9 Å². The summed E-state index contributed by atoms with van der Waals surface area (Å²) in [5.74, 6) is -0.222. The summed E-state index contributed by atoms with van der Waals surface area (Å²) < 4.78 is 38.8. The number of nitriles is 1. The van der Waals surface area contributed by atoms with Crippen LogP contribution in [0.2, 0.25) is 0 Å². The number of benzene rings is 2. The number of carbonyl (C=O) groups excluding carboxylic acids is 1. The van der Waals surface area contributed by atoms with E-state index in [1.165, 1.54) is 6.07 Å². The molecule has 0 aromatic heterocycles. The van der Waals surface area contributed by atoms with E-state index in [0.717, 1.165) is 12.1 Å². The number of hydrogen-bond acceptors (Lipinski definition) is 4. The van der Waals surface area contributed by atoms with Crippen molar-refractivity contribution in [1.82, 2.24) is 4.90 Å². The van der Waals surface area contributed by atoms with Gasteiger partial charge >= 0.3 is 6.18 Å². The quantitative estimate of drug-likeness (QED) is 0.847. The van der Waals surface area contributed by atoms with Crippen LogP contribution in [0.15, 0.2) is 48.5 Å². The second-order valence-electron chi connectivity index (χ2n) is 6.89. The molecule has 0 saturated carbocycles. The van der Waals surface area contributed by atoms with Crippen molar-refractivity contribution in [2.24, 2.45) is 0 Å². The summed E-state index contributed by atoms with van der Waals surface area (Å²) in [4.78, 5) is 16.5. The van der Waals surface area contributed by atoms with Crippen molar-refractivity contribution in [2.45, 2.75) is 19.1 Å². The Balaban J connectivity index is 1.60. The van der Waals surface area contributed by atoms with Gasteiger partial charge in [0, 0.05) is 31.9 Å². The molecule has 1 aliphatic rings. The van der Waals surface area contributed by atoms with Crippen molar-refractivity contribution in [3.8, 4) is 6.07 Å². The Morgan fingerprint density at radius 3 is 2.45 bits per heavy atom. The van der Waals surface area contributed by atoms with Crippen molar-refractivity contribution in [2.75, 3.05) is 36.4 Å². The first kappa shape index (κ1) is 20.7. The molecule has 1 aliphatic heterocycles. The van der Waals surface area contributed by atoms with Crippen molar-refractivity contribution < 1.29 is 18.0 Å². The summed E-state index contributed by atoms with van der Waals surface area (Å²) in [6.45, 7) is 3.92. The number of halogens is 3. The van der Waals surface area contributed by atoms with Gasteiger partial charge in [0.05, 0.1) is 22.9 Å². The van der Waals surface area contributed by atoms with Crippen LogP contribution < -0.4 is 10.2 Å². The highest BCUT2D eigenvalue weighted by molar-refractivity contribution is 5.95. The molecule has 3 rings (SSSR count). The van der Waals surface area contributed by atoms with Gasteiger partial charge in [-0.15, -0.1) is 0 Å². The van der Waals surface area contributed by atoms with Crippen molar-refractivity contribution in [3.63, 3.8) is 0 Å². The Morgan fingerprint density at radius 2 is 1.79 bits per heavy atom. The maximum Gasteiger partial charge on any atom is 0.416 e. The summed E-state index contributed by atoms with van der Waals surface area (Å²) in [6, 6.07) is 13.7. The van der Waals surface area contributed by atoms with Gasteiger partial charge in [0.25, 0.3) is 0 Å². The number of nitrogens with zero attached hydrogens (tertiary/aromatic N) is 3. The zero-order valence-electron chi connectivity index (χ0n) is 15.9. The number of hydrogen-bond donors (Lipinski definition) is 1. The lowest BCUT2D eigenvalue weighted by molar-refractivity contribution is -0.137. The normalized spacial score (nSPS) is 16.2. The average Bonchev–Trinajstić information content (AvgIpc) is 2.73. The first-order chi connectivity index (χ1) is 13.8. The number of anilines is 2. The van der Waals surface area contributed by atoms with E-state index < -0.39 is 17.8 Å². The van der Waals surface area contributed by atoms with E-state index >= 15 is 0 Å². The second kappa shape index (κ2) is 8.53. The van der Waals surface area contributed by atoms with Crippen LogP contribution in [0.4, 0.5) is 24.5 Å². The van der Waals surface area contributed by atoms with Crippen LogP contribution >= 0.6 is 0 Å². The van der Waals surface area contributed by atoms with Crippen LogP contribution in [-0.4, -0.2) is 43.0 Å². The zero-order chi connectivity index (χ0) is 21.0. The van der Waals surface area contributed by atoms with E-state index in [1.54, 1.807) is 37.3 Å². The molecular formula is C21H21F3N4O. The van der Waals surface area contributed by atoms with Crippen LogP contribution in [0.3, 0.4) is 0 Å². The van der Waals surface area contributed by atoms with Crippen LogP contribution in [0.5, 0.6) is 0 Å². The predicted molar refractivity (Wildman–Crippen MR) is 104 cm³/mol. The smallest absolute Gasteiger partial charge is 0.369 e. The highest BCUT2D eigenvalue weighted by Gasteiger charge is 2.31. The number of piperazine rings is 1. The van der Waals surface area contributed by atoms with Crippen LogP contribution in [0.25, 0.3) is 0 Å². The van der Waals surface area contributed by atoms with E-state index in [2.05, 4.69) is 5.32 Å². The maximum absolute atomic E-state index is 12.9. The first-order valence-corrected chi connectivity index (χ1v) is 9.26. The molecule has 0 unspecified atom stereocenters. The first-order valence-electron chi connectivity index (χ1n) is 9.26. The van der Waals surface area contributed by atoms with E-state index in [0.29, 0.717) is 43.1 Å². The standard InChI is InChI=1S/C21H21F3N4O/c1-15(20(29)26-19-8-3-2-5-16(19)14-25)27-9-11-28(12-10-27)18-7-4-6-17(13-18)21(22,23)24/h2-8,13,15H,9-12H2,1H3,(H,26,29)/t15-/m1/s1. The summed E-state index contributed by atoms with van der Waals surface area (Å²) in [6.07, 6.45) is -4.37. The predicted octanol–water partition coefficient (Wildman–Crippen LogP) is 3.73. The Hall–Kier alpha value is -3.05. The summed E-state index contributed by atoms with van der Waals surface area (Å²) in [5, 5.41) is 11.9. The van der Waals surface area contributed by atoms with E-state index in [4.69, 9.17) is 5.26 Å². The Labute approximate surface area is 167 Å². The highest BCUT2D eigenvalue weighted by Crippen LogP contribution is 2.32. The summed E-state index contributed by atoms with van der Waals surface area (Å²) in [7, 11) is 0. The number of amides is 1. The van der Waals surface area contributed by atoms with Crippen molar-refractivity contribution in [3.05, 3.63) is 59.7 Å². The van der Waals surface area contributed by atoms with Crippen LogP contribution in [0.1, 0.15) is 18.1 Å². The number of rotatable bonds is 4. The average molecular weight is 402 g/mol. The maximum atomic E-state index is 12.9. The summed E-state index contributed by atoms with van der Waals surface area (Å²) >= 11 is 0. The van der Waals surface area contributed by atoms with Gasteiger partial charge in [0.15, 0.2) is 0 Å². The molecule has 1 heterocycles. The lowest BCUT2D eigenvalue weighted by atomic mass is 10.1. The lowest BCUT2D eigenvalue weighted by Gasteiger charge is -2.38. The SMILES string of the molecule is C[C@H](C(=O)Nc1ccccc1C#N)N1CCN(c2cccc(C(F)(F)F)c2)CC1. The van der Waals surface area contributed by atoms with Gasteiger partial charge in [-0.05, 0) is 37.3 Å². The fourth-order valence-corrected chi connectivity index (χ4v) is 3.34. The number of para-hydroxylation sites is 1. The molecule has 2 aromatic rings. The molecule has 1 saturated heterocycles. The highest BCUT2D eigenvalue weighted by atomic mass is 19.4. The third-order valence-corrected chi connectivity index (χ3v) is 5.09. The lowest BCUT2D eigenvalue weighted by Crippen LogP contribution is -2.52. The fraction of sp³-hybridized carbons (Fsp3) is 0.333. The second-order valence-corrected chi connectivity index (χ2v) is 6.89.